The number of amides is 2. The third kappa shape index (κ3) is 4.40. The van der Waals surface area contributed by atoms with Gasteiger partial charge >= 0.3 is 0 Å². The number of hydrogen-bond acceptors (Lipinski definition) is 4. The minimum absolute atomic E-state index is 0.0510. The van der Waals surface area contributed by atoms with Gasteiger partial charge in [0.2, 0.25) is 11.8 Å². The van der Waals surface area contributed by atoms with Crippen molar-refractivity contribution in [2.45, 2.75) is 32.2 Å². The topological polar surface area (TPSA) is 75.4 Å². The lowest BCUT2D eigenvalue weighted by Crippen LogP contribution is -2.47. The summed E-state index contributed by atoms with van der Waals surface area (Å²) in [5.41, 5.74) is 7.52. The average Bonchev–Trinajstić information content (AvgIpc) is 2.99. The van der Waals surface area contributed by atoms with E-state index in [0.29, 0.717) is 24.6 Å². The molecule has 2 amide bonds. The first-order valence-corrected chi connectivity index (χ1v) is 8.76. The second kappa shape index (κ2) is 8.08. The summed E-state index contributed by atoms with van der Waals surface area (Å²) in [4.78, 5) is 26.0. The molecule has 2 rings (SSSR count). The standard InChI is InChI=1S/C16H23N3O2S/c1-2-3-15(20)19-11-22-10-14(19)16(21)18-9-8-12-4-6-13(17)7-5-12/h4-7,14H,2-3,8-11,17H2,1H3,(H,18,21). The van der Waals surface area contributed by atoms with E-state index in [9.17, 15) is 9.59 Å². The number of rotatable bonds is 6. The second-order valence-electron chi connectivity index (χ2n) is 5.41. The molecule has 1 aromatic rings. The van der Waals surface area contributed by atoms with Crippen molar-refractivity contribution in [3.63, 3.8) is 0 Å². The Labute approximate surface area is 135 Å². The molecule has 1 heterocycles. The van der Waals surface area contributed by atoms with Crippen LogP contribution in [0.4, 0.5) is 5.69 Å². The molecule has 6 heteroatoms. The van der Waals surface area contributed by atoms with Gasteiger partial charge < -0.3 is 16.0 Å². The molecule has 1 aliphatic rings. The molecule has 1 saturated heterocycles. The molecule has 3 N–H and O–H groups in total. The summed E-state index contributed by atoms with van der Waals surface area (Å²) in [7, 11) is 0. The van der Waals surface area contributed by atoms with E-state index in [1.807, 2.05) is 31.2 Å². The molecule has 1 fully saturated rings. The van der Waals surface area contributed by atoms with Gasteiger partial charge in [-0.25, -0.2) is 0 Å². The molecule has 1 aromatic carbocycles. The SMILES string of the molecule is CCCC(=O)N1CSCC1C(=O)NCCc1ccc(N)cc1. The summed E-state index contributed by atoms with van der Waals surface area (Å²) >= 11 is 1.63. The van der Waals surface area contributed by atoms with Gasteiger partial charge in [-0.2, -0.15) is 0 Å². The van der Waals surface area contributed by atoms with Crippen LogP contribution in [0.5, 0.6) is 0 Å². The molecule has 0 aromatic heterocycles. The van der Waals surface area contributed by atoms with E-state index in [1.54, 1.807) is 16.7 Å². The molecule has 1 atom stereocenters. The Bertz CT molecular complexity index is 519. The molecule has 120 valence electrons. The summed E-state index contributed by atoms with van der Waals surface area (Å²) < 4.78 is 0. The number of anilines is 1. The van der Waals surface area contributed by atoms with Gasteiger partial charge in [-0.05, 0) is 30.5 Å². The highest BCUT2D eigenvalue weighted by molar-refractivity contribution is 7.99. The molecule has 0 bridgehead atoms. The normalized spacial score (nSPS) is 17.5. The van der Waals surface area contributed by atoms with Gasteiger partial charge in [0.1, 0.15) is 6.04 Å². The monoisotopic (exact) mass is 321 g/mol. The Morgan fingerprint density at radius 3 is 2.77 bits per heavy atom. The van der Waals surface area contributed by atoms with E-state index < -0.39 is 0 Å². The van der Waals surface area contributed by atoms with Crippen LogP contribution >= 0.6 is 11.8 Å². The summed E-state index contributed by atoms with van der Waals surface area (Å²) in [6.45, 7) is 2.54. The van der Waals surface area contributed by atoms with E-state index in [1.165, 1.54) is 0 Å². The molecule has 22 heavy (non-hydrogen) atoms. The van der Waals surface area contributed by atoms with E-state index in [-0.39, 0.29) is 17.9 Å². The first-order valence-electron chi connectivity index (χ1n) is 7.61. The van der Waals surface area contributed by atoms with E-state index in [4.69, 9.17) is 5.73 Å². The van der Waals surface area contributed by atoms with Crippen LogP contribution in [0.3, 0.4) is 0 Å². The number of nitrogen functional groups attached to an aromatic ring is 1. The second-order valence-corrected chi connectivity index (χ2v) is 6.41. The molecule has 0 radical (unpaired) electrons. The predicted octanol–water partition coefficient (Wildman–Crippen LogP) is 1.63. The van der Waals surface area contributed by atoms with Crippen molar-refractivity contribution in [1.29, 1.82) is 0 Å². The van der Waals surface area contributed by atoms with Crippen molar-refractivity contribution in [3.8, 4) is 0 Å². The largest absolute Gasteiger partial charge is 0.399 e. The number of benzene rings is 1. The van der Waals surface area contributed by atoms with Gasteiger partial charge in [-0.3, -0.25) is 9.59 Å². The number of nitrogens with two attached hydrogens (primary N) is 1. The molecule has 0 saturated carbocycles. The quantitative estimate of drug-likeness (QED) is 0.781. The van der Waals surface area contributed by atoms with Crippen LogP contribution in [0.15, 0.2) is 24.3 Å². The maximum absolute atomic E-state index is 12.3. The van der Waals surface area contributed by atoms with Crippen LogP contribution in [0.2, 0.25) is 0 Å². The van der Waals surface area contributed by atoms with Gasteiger partial charge in [0.15, 0.2) is 0 Å². The zero-order valence-corrected chi connectivity index (χ0v) is 13.7. The number of carbonyl (C=O) groups is 2. The van der Waals surface area contributed by atoms with Crippen LogP contribution in [0.25, 0.3) is 0 Å². The predicted molar refractivity (Wildman–Crippen MR) is 90.4 cm³/mol. The lowest BCUT2D eigenvalue weighted by atomic mass is 10.1. The lowest BCUT2D eigenvalue weighted by Gasteiger charge is -2.23. The zero-order valence-electron chi connectivity index (χ0n) is 12.9. The summed E-state index contributed by atoms with van der Waals surface area (Å²) in [6, 6.07) is 7.32. The van der Waals surface area contributed by atoms with Gasteiger partial charge in [0, 0.05) is 24.4 Å². The fraction of sp³-hybridized carbons (Fsp3) is 0.500. The first-order chi connectivity index (χ1) is 10.6. The van der Waals surface area contributed by atoms with Crippen LogP contribution in [0.1, 0.15) is 25.3 Å². The average molecular weight is 321 g/mol. The zero-order chi connectivity index (χ0) is 15.9. The smallest absolute Gasteiger partial charge is 0.243 e. The summed E-state index contributed by atoms with van der Waals surface area (Å²) in [5.74, 6) is 1.33. The van der Waals surface area contributed by atoms with Crippen LogP contribution in [-0.4, -0.2) is 40.9 Å². The van der Waals surface area contributed by atoms with E-state index in [2.05, 4.69) is 5.32 Å². The fourth-order valence-electron chi connectivity index (χ4n) is 2.40. The lowest BCUT2D eigenvalue weighted by molar-refractivity contribution is -0.138. The number of nitrogens with one attached hydrogen (secondary N) is 1. The molecule has 0 spiro atoms. The Kier molecular flexibility index (Phi) is 6.12. The molecule has 1 unspecified atom stereocenters. The minimum Gasteiger partial charge on any atom is -0.399 e. The molecule has 1 aliphatic heterocycles. The summed E-state index contributed by atoms with van der Waals surface area (Å²) in [6.07, 6.45) is 2.08. The fourth-order valence-corrected chi connectivity index (χ4v) is 3.58. The van der Waals surface area contributed by atoms with Gasteiger partial charge in [-0.15, -0.1) is 11.8 Å². The van der Waals surface area contributed by atoms with Gasteiger partial charge in [0.25, 0.3) is 0 Å². The molecular weight excluding hydrogens is 298 g/mol. The molecule has 0 aliphatic carbocycles. The van der Waals surface area contributed by atoms with Gasteiger partial charge in [0.05, 0.1) is 5.88 Å². The first kappa shape index (κ1) is 16.7. The number of nitrogens with zero attached hydrogens (tertiary/aromatic N) is 1. The van der Waals surface area contributed by atoms with E-state index in [0.717, 1.165) is 24.1 Å². The Hall–Kier alpha value is -1.69. The highest BCUT2D eigenvalue weighted by atomic mass is 32.2. The van der Waals surface area contributed by atoms with Crippen LogP contribution < -0.4 is 11.1 Å². The third-order valence-corrected chi connectivity index (χ3v) is 4.67. The third-order valence-electron chi connectivity index (χ3n) is 3.66. The maximum Gasteiger partial charge on any atom is 0.243 e. The summed E-state index contributed by atoms with van der Waals surface area (Å²) in [5, 5.41) is 2.94. The van der Waals surface area contributed by atoms with Gasteiger partial charge in [-0.1, -0.05) is 19.1 Å². The van der Waals surface area contributed by atoms with Crippen molar-refractivity contribution in [1.82, 2.24) is 10.2 Å². The number of carbonyl (C=O) groups excluding carboxylic acids is 2. The van der Waals surface area contributed by atoms with E-state index >= 15 is 0 Å². The number of hydrogen-bond donors (Lipinski definition) is 2. The number of thioether (sulfide) groups is 1. The Balaban J connectivity index is 1.81. The Morgan fingerprint density at radius 1 is 1.36 bits per heavy atom. The van der Waals surface area contributed by atoms with Crippen LogP contribution in [-0.2, 0) is 16.0 Å². The molecular formula is C16H23N3O2S. The highest BCUT2D eigenvalue weighted by Crippen LogP contribution is 2.22. The van der Waals surface area contributed by atoms with Crippen molar-refractivity contribution in [3.05, 3.63) is 29.8 Å². The van der Waals surface area contributed by atoms with Crippen molar-refractivity contribution in [2.24, 2.45) is 0 Å². The van der Waals surface area contributed by atoms with Crippen molar-refractivity contribution in [2.75, 3.05) is 23.9 Å². The Morgan fingerprint density at radius 2 is 2.09 bits per heavy atom. The van der Waals surface area contributed by atoms with Crippen molar-refractivity contribution < 1.29 is 9.59 Å². The molecule has 5 nitrogen and oxygen atoms in total. The van der Waals surface area contributed by atoms with Crippen molar-refractivity contribution >= 4 is 29.3 Å². The highest BCUT2D eigenvalue weighted by Gasteiger charge is 2.33. The maximum atomic E-state index is 12.3. The minimum atomic E-state index is -0.324. The van der Waals surface area contributed by atoms with Crippen LogP contribution in [0, 0.1) is 0 Å².